The molecule has 1 aliphatic heterocycles. The number of sulfonamides is 1. The minimum Gasteiger partial charge on any atom is -0.350 e. The molecule has 0 bridgehead atoms. The van der Waals surface area contributed by atoms with Crippen molar-refractivity contribution in [2.24, 2.45) is 0 Å². The monoisotopic (exact) mass is 376 g/mol. The van der Waals surface area contributed by atoms with Gasteiger partial charge in [-0.15, -0.1) is 0 Å². The maximum absolute atomic E-state index is 12.7. The first-order chi connectivity index (χ1) is 12.4. The molecule has 0 spiro atoms. The van der Waals surface area contributed by atoms with Crippen LogP contribution in [0.4, 0.5) is 17.1 Å². The van der Waals surface area contributed by atoms with Gasteiger partial charge in [0.2, 0.25) is 10.0 Å². The predicted molar refractivity (Wildman–Crippen MR) is 99.1 cm³/mol. The molecule has 2 aromatic carbocycles. The molecule has 0 atom stereocenters. The number of nitrogens with one attached hydrogen (secondary N) is 1. The summed E-state index contributed by atoms with van der Waals surface area (Å²) in [7, 11) is -1.56. The Bertz CT molecular complexity index is 891. The smallest absolute Gasteiger partial charge is 0.292 e. The molecule has 3 rings (SSSR count). The second-order valence-corrected chi connectivity index (χ2v) is 8.07. The first-order valence-corrected chi connectivity index (χ1v) is 9.61. The van der Waals surface area contributed by atoms with E-state index in [4.69, 9.17) is 0 Å². The molecule has 9 heteroatoms. The summed E-state index contributed by atoms with van der Waals surface area (Å²) in [5.41, 5.74) is 0.894. The highest BCUT2D eigenvalue weighted by Gasteiger charge is 2.27. The molecule has 0 unspecified atom stereocenters. The Morgan fingerprint density at radius 3 is 2.23 bits per heavy atom. The van der Waals surface area contributed by atoms with E-state index in [-0.39, 0.29) is 10.6 Å². The van der Waals surface area contributed by atoms with E-state index in [2.05, 4.69) is 10.2 Å². The Morgan fingerprint density at radius 2 is 1.62 bits per heavy atom. The third-order valence-electron chi connectivity index (χ3n) is 4.33. The molecule has 1 aliphatic rings. The fraction of sp³-hybridized carbons (Fsp3) is 0.294. The van der Waals surface area contributed by atoms with E-state index in [0.717, 1.165) is 0 Å². The summed E-state index contributed by atoms with van der Waals surface area (Å²) in [5, 5.41) is 14.0. The van der Waals surface area contributed by atoms with E-state index in [1.807, 2.05) is 7.05 Å². The van der Waals surface area contributed by atoms with Gasteiger partial charge in [-0.3, -0.25) is 10.1 Å². The van der Waals surface area contributed by atoms with Gasteiger partial charge in [0.1, 0.15) is 5.69 Å². The maximum Gasteiger partial charge on any atom is 0.292 e. The Balaban J connectivity index is 1.78. The average molecular weight is 376 g/mol. The quantitative estimate of drug-likeness (QED) is 0.635. The van der Waals surface area contributed by atoms with Gasteiger partial charge >= 0.3 is 0 Å². The van der Waals surface area contributed by atoms with E-state index in [1.54, 1.807) is 30.3 Å². The van der Waals surface area contributed by atoms with Crippen molar-refractivity contribution in [3.63, 3.8) is 0 Å². The van der Waals surface area contributed by atoms with E-state index in [9.17, 15) is 18.5 Å². The molecule has 138 valence electrons. The first kappa shape index (κ1) is 18.3. The lowest BCUT2D eigenvalue weighted by molar-refractivity contribution is -0.383. The van der Waals surface area contributed by atoms with Gasteiger partial charge in [0, 0.05) is 37.9 Å². The standard InChI is InChI=1S/C17H20N4O4S/c1-19-10-12-20(13-11-19)26(24,25)15-8-6-14(7-9-15)18-16-4-2-3-5-17(16)21(22)23/h2-9,18H,10-13H2,1H3. The van der Waals surface area contributed by atoms with Crippen LogP contribution >= 0.6 is 0 Å². The highest BCUT2D eigenvalue weighted by atomic mass is 32.2. The molecule has 0 aromatic heterocycles. The highest BCUT2D eigenvalue weighted by Crippen LogP contribution is 2.28. The van der Waals surface area contributed by atoms with Crippen LogP contribution in [0.1, 0.15) is 0 Å². The van der Waals surface area contributed by atoms with Crippen LogP contribution < -0.4 is 5.32 Å². The molecule has 2 aromatic rings. The van der Waals surface area contributed by atoms with Crippen LogP contribution in [0.3, 0.4) is 0 Å². The lowest BCUT2D eigenvalue weighted by atomic mass is 10.2. The minimum atomic E-state index is -3.53. The molecule has 1 heterocycles. The summed E-state index contributed by atoms with van der Waals surface area (Å²) >= 11 is 0. The molecule has 1 N–H and O–H groups in total. The number of likely N-dealkylation sites (N-methyl/N-ethyl adjacent to an activating group) is 1. The number of para-hydroxylation sites is 2. The number of nitro groups is 1. The van der Waals surface area contributed by atoms with Gasteiger partial charge in [-0.05, 0) is 37.4 Å². The number of hydrogen-bond acceptors (Lipinski definition) is 6. The zero-order chi connectivity index (χ0) is 18.7. The third kappa shape index (κ3) is 3.85. The zero-order valence-corrected chi connectivity index (χ0v) is 15.1. The summed E-state index contributed by atoms with van der Waals surface area (Å²) in [5.74, 6) is 0. The van der Waals surface area contributed by atoms with Crippen LogP contribution in [0.15, 0.2) is 53.4 Å². The van der Waals surface area contributed by atoms with Crippen molar-refractivity contribution in [2.75, 3.05) is 38.5 Å². The van der Waals surface area contributed by atoms with Gasteiger partial charge < -0.3 is 10.2 Å². The summed E-state index contributed by atoms with van der Waals surface area (Å²) in [6, 6.07) is 12.6. The minimum absolute atomic E-state index is 0.0402. The molecule has 8 nitrogen and oxygen atoms in total. The summed E-state index contributed by atoms with van der Waals surface area (Å²) < 4.78 is 26.9. The van der Waals surface area contributed by atoms with Crippen molar-refractivity contribution >= 4 is 27.1 Å². The van der Waals surface area contributed by atoms with E-state index >= 15 is 0 Å². The number of benzene rings is 2. The number of nitrogens with zero attached hydrogens (tertiary/aromatic N) is 3. The van der Waals surface area contributed by atoms with E-state index in [0.29, 0.717) is 37.6 Å². The Hall–Kier alpha value is -2.49. The first-order valence-electron chi connectivity index (χ1n) is 8.17. The number of anilines is 2. The van der Waals surface area contributed by atoms with Crippen LogP contribution in [0.25, 0.3) is 0 Å². The van der Waals surface area contributed by atoms with Crippen LogP contribution in [0.2, 0.25) is 0 Å². The van der Waals surface area contributed by atoms with Gasteiger partial charge in [-0.1, -0.05) is 12.1 Å². The largest absolute Gasteiger partial charge is 0.350 e. The molecular weight excluding hydrogens is 356 g/mol. The number of piperazine rings is 1. The second kappa shape index (κ2) is 7.40. The molecule has 1 saturated heterocycles. The summed E-state index contributed by atoms with van der Waals surface area (Å²) in [6.45, 7) is 2.34. The van der Waals surface area contributed by atoms with E-state index < -0.39 is 14.9 Å². The lowest BCUT2D eigenvalue weighted by Gasteiger charge is -2.31. The second-order valence-electron chi connectivity index (χ2n) is 6.13. The van der Waals surface area contributed by atoms with Crippen molar-refractivity contribution in [1.29, 1.82) is 0 Å². The number of rotatable bonds is 5. The molecule has 26 heavy (non-hydrogen) atoms. The fourth-order valence-electron chi connectivity index (χ4n) is 2.78. The Labute approximate surface area is 152 Å². The van der Waals surface area contributed by atoms with Crippen molar-refractivity contribution in [2.45, 2.75) is 4.90 Å². The lowest BCUT2D eigenvalue weighted by Crippen LogP contribution is -2.46. The van der Waals surface area contributed by atoms with Gasteiger partial charge in [0.25, 0.3) is 5.69 Å². The van der Waals surface area contributed by atoms with Gasteiger partial charge in [0.05, 0.1) is 9.82 Å². The Morgan fingerprint density at radius 1 is 1.00 bits per heavy atom. The molecule has 0 aliphatic carbocycles. The van der Waals surface area contributed by atoms with Crippen molar-refractivity contribution in [3.05, 3.63) is 58.6 Å². The fourth-order valence-corrected chi connectivity index (χ4v) is 4.20. The van der Waals surface area contributed by atoms with Crippen LogP contribution in [-0.4, -0.2) is 55.8 Å². The SMILES string of the molecule is CN1CCN(S(=O)(=O)c2ccc(Nc3ccccc3[N+](=O)[O-])cc2)CC1. The summed E-state index contributed by atoms with van der Waals surface area (Å²) in [4.78, 5) is 12.9. The number of hydrogen-bond donors (Lipinski definition) is 1. The van der Waals surface area contributed by atoms with Crippen molar-refractivity contribution in [1.82, 2.24) is 9.21 Å². The molecule has 0 saturated carbocycles. The average Bonchev–Trinajstić information content (AvgIpc) is 2.63. The molecule has 1 fully saturated rings. The summed E-state index contributed by atoms with van der Waals surface area (Å²) in [6.07, 6.45) is 0. The number of nitro benzene ring substituents is 1. The highest BCUT2D eigenvalue weighted by molar-refractivity contribution is 7.89. The normalized spacial score (nSPS) is 16.3. The Kier molecular flexibility index (Phi) is 5.21. The van der Waals surface area contributed by atoms with Gasteiger partial charge in [-0.25, -0.2) is 8.42 Å². The van der Waals surface area contributed by atoms with E-state index in [1.165, 1.54) is 22.5 Å². The van der Waals surface area contributed by atoms with Gasteiger partial charge in [0.15, 0.2) is 0 Å². The molecule has 0 radical (unpaired) electrons. The van der Waals surface area contributed by atoms with Crippen molar-refractivity contribution in [3.8, 4) is 0 Å². The van der Waals surface area contributed by atoms with Crippen LogP contribution in [0, 0.1) is 10.1 Å². The van der Waals surface area contributed by atoms with Crippen LogP contribution in [-0.2, 0) is 10.0 Å². The van der Waals surface area contributed by atoms with Crippen LogP contribution in [0.5, 0.6) is 0 Å². The van der Waals surface area contributed by atoms with Gasteiger partial charge in [-0.2, -0.15) is 4.31 Å². The predicted octanol–water partition coefficient (Wildman–Crippen LogP) is 2.27. The molecule has 0 amide bonds. The topological polar surface area (TPSA) is 95.8 Å². The van der Waals surface area contributed by atoms with Crippen molar-refractivity contribution < 1.29 is 13.3 Å². The maximum atomic E-state index is 12.7. The zero-order valence-electron chi connectivity index (χ0n) is 14.3. The molecular formula is C17H20N4O4S. The third-order valence-corrected chi connectivity index (χ3v) is 6.25.